The van der Waals surface area contributed by atoms with Gasteiger partial charge in [-0.15, -0.1) is 0 Å². The van der Waals surface area contributed by atoms with Crippen LogP contribution in [-0.4, -0.2) is 48.0 Å². The number of hydrogen-bond acceptors (Lipinski definition) is 5. The molecular formula is C20H20N2O5. The van der Waals surface area contributed by atoms with Crippen molar-refractivity contribution in [2.24, 2.45) is 5.92 Å². The standard InChI is InChI=1S/C20H20N2O5/c1-22-19(25)21-17-14-9-5-6-10-16(14)27-20(22,12-23)15(17)11-26-18(24)13-7-3-2-4-8-13/h2-10,15,17,23H,11-12H2,1H3,(H,21,25)/t15-,17-,20+/m1/s1. The van der Waals surface area contributed by atoms with E-state index in [1.807, 2.05) is 24.3 Å². The molecule has 2 aliphatic rings. The number of rotatable bonds is 4. The minimum Gasteiger partial charge on any atom is -0.464 e. The van der Waals surface area contributed by atoms with Crippen molar-refractivity contribution in [3.63, 3.8) is 0 Å². The van der Waals surface area contributed by atoms with Crippen LogP contribution in [0.3, 0.4) is 0 Å². The Morgan fingerprint density at radius 3 is 2.67 bits per heavy atom. The number of nitrogens with zero attached hydrogens (tertiary/aromatic N) is 1. The summed E-state index contributed by atoms with van der Waals surface area (Å²) in [6.45, 7) is -0.437. The van der Waals surface area contributed by atoms with Gasteiger partial charge in [0.2, 0.25) is 5.72 Å². The fourth-order valence-corrected chi connectivity index (χ4v) is 3.78. The summed E-state index contributed by atoms with van der Waals surface area (Å²) < 4.78 is 11.6. The SMILES string of the molecule is CN1C(=O)N[C@@H]2c3ccccc3O[C@@]1(CO)[C@@H]2COC(=O)c1ccccc1. The zero-order valence-electron chi connectivity index (χ0n) is 14.8. The number of esters is 1. The summed E-state index contributed by atoms with van der Waals surface area (Å²) in [6, 6.07) is 15.2. The number of para-hydroxylation sites is 1. The third kappa shape index (κ3) is 2.71. The fraction of sp³-hybridized carbons (Fsp3) is 0.300. The molecule has 0 aromatic heterocycles. The number of carbonyl (C=O) groups excluding carboxylic acids is 2. The van der Waals surface area contributed by atoms with E-state index in [2.05, 4.69) is 5.32 Å². The van der Waals surface area contributed by atoms with E-state index in [1.54, 1.807) is 37.4 Å². The lowest BCUT2D eigenvalue weighted by molar-refractivity contribution is -0.169. The number of aliphatic hydroxyl groups is 1. The lowest BCUT2D eigenvalue weighted by atomic mass is 9.79. The van der Waals surface area contributed by atoms with Crippen LogP contribution in [0.4, 0.5) is 4.79 Å². The third-order valence-corrected chi connectivity index (χ3v) is 5.30. The number of benzene rings is 2. The first-order valence-electron chi connectivity index (χ1n) is 8.72. The van der Waals surface area contributed by atoms with Crippen molar-refractivity contribution in [1.29, 1.82) is 0 Å². The molecule has 0 radical (unpaired) electrons. The molecule has 2 bridgehead atoms. The molecule has 2 aromatic carbocycles. The summed E-state index contributed by atoms with van der Waals surface area (Å²) in [5.74, 6) is -0.351. The number of fused-ring (bicyclic) bond motifs is 4. The number of urea groups is 1. The maximum Gasteiger partial charge on any atom is 0.338 e. The summed E-state index contributed by atoms with van der Waals surface area (Å²) in [6.07, 6.45) is 0. The Hall–Kier alpha value is -3.06. The number of aliphatic hydroxyl groups excluding tert-OH is 1. The summed E-state index contributed by atoms with van der Waals surface area (Å²) in [7, 11) is 1.56. The van der Waals surface area contributed by atoms with Gasteiger partial charge in [0, 0.05) is 12.6 Å². The van der Waals surface area contributed by atoms with E-state index < -0.39 is 30.3 Å². The molecule has 2 aliphatic heterocycles. The summed E-state index contributed by atoms with van der Waals surface area (Å²) in [4.78, 5) is 26.1. The topological polar surface area (TPSA) is 88.1 Å². The second kappa shape index (κ2) is 6.59. The molecule has 2 heterocycles. The molecule has 1 saturated heterocycles. The normalized spacial score (nSPS) is 25.9. The van der Waals surface area contributed by atoms with Gasteiger partial charge >= 0.3 is 12.0 Å². The first kappa shape index (κ1) is 17.4. The van der Waals surface area contributed by atoms with Gasteiger partial charge in [-0.1, -0.05) is 36.4 Å². The van der Waals surface area contributed by atoms with E-state index >= 15 is 0 Å². The van der Waals surface area contributed by atoms with Crippen LogP contribution in [0.5, 0.6) is 5.75 Å². The smallest absolute Gasteiger partial charge is 0.338 e. The molecule has 0 aliphatic carbocycles. The molecular weight excluding hydrogens is 348 g/mol. The first-order valence-corrected chi connectivity index (χ1v) is 8.72. The van der Waals surface area contributed by atoms with Crippen LogP contribution in [0, 0.1) is 5.92 Å². The van der Waals surface area contributed by atoms with E-state index in [-0.39, 0.29) is 12.6 Å². The minimum atomic E-state index is -1.31. The Kier molecular flexibility index (Phi) is 4.24. The zero-order chi connectivity index (χ0) is 19.0. The molecule has 0 spiro atoms. The van der Waals surface area contributed by atoms with E-state index in [4.69, 9.17) is 9.47 Å². The Balaban J connectivity index is 1.66. The highest BCUT2D eigenvalue weighted by Crippen LogP contribution is 2.47. The Morgan fingerprint density at radius 2 is 1.93 bits per heavy atom. The average molecular weight is 368 g/mol. The van der Waals surface area contributed by atoms with Gasteiger partial charge < -0.3 is 19.9 Å². The lowest BCUT2D eigenvalue weighted by Crippen LogP contribution is -2.72. The van der Waals surface area contributed by atoms with Crippen LogP contribution in [-0.2, 0) is 4.74 Å². The van der Waals surface area contributed by atoms with Gasteiger partial charge in [-0.2, -0.15) is 0 Å². The predicted molar refractivity (Wildman–Crippen MR) is 96.1 cm³/mol. The molecule has 1 fully saturated rings. The monoisotopic (exact) mass is 368 g/mol. The third-order valence-electron chi connectivity index (χ3n) is 5.30. The lowest BCUT2D eigenvalue weighted by Gasteiger charge is -2.54. The van der Waals surface area contributed by atoms with Gasteiger partial charge in [0.05, 0.1) is 17.5 Å². The van der Waals surface area contributed by atoms with Gasteiger partial charge in [-0.05, 0) is 18.2 Å². The van der Waals surface area contributed by atoms with Crippen LogP contribution in [0.1, 0.15) is 22.0 Å². The molecule has 140 valence electrons. The van der Waals surface area contributed by atoms with E-state index in [9.17, 15) is 14.7 Å². The van der Waals surface area contributed by atoms with Crippen molar-refractivity contribution in [2.75, 3.05) is 20.3 Å². The van der Waals surface area contributed by atoms with Crippen LogP contribution < -0.4 is 10.1 Å². The van der Waals surface area contributed by atoms with Crippen LogP contribution in [0.15, 0.2) is 54.6 Å². The second-order valence-corrected chi connectivity index (χ2v) is 6.70. The number of amides is 2. The molecule has 0 saturated carbocycles. The minimum absolute atomic E-state index is 0.0160. The Morgan fingerprint density at radius 1 is 1.22 bits per heavy atom. The number of nitrogens with one attached hydrogen (secondary N) is 1. The van der Waals surface area contributed by atoms with Gasteiger partial charge in [0.15, 0.2) is 0 Å². The zero-order valence-corrected chi connectivity index (χ0v) is 14.8. The first-order chi connectivity index (χ1) is 13.1. The van der Waals surface area contributed by atoms with Crippen LogP contribution >= 0.6 is 0 Å². The van der Waals surface area contributed by atoms with Crippen molar-refractivity contribution in [1.82, 2.24) is 10.2 Å². The van der Waals surface area contributed by atoms with Crippen molar-refractivity contribution in [3.05, 3.63) is 65.7 Å². The highest BCUT2D eigenvalue weighted by Gasteiger charge is 2.58. The van der Waals surface area contributed by atoms with Gasteiger partial charge in [0.25, 0.3) is 0 Å². The second-order valence-electron chi connectivity index (χ2n) is 6.70. The van der Waals surface area contributed by atoms with Crippen molar-refractivity contribution in [2.45, 2.75) is 11.8 Å². The average Bonchev–Trinajstić information content (AvgIpc) is 2.71. The van der Waals surface area contributed by atoms with Crippen molar-refractivity contribution >= 4 is 12.0 Å². The molecule has 2 amide bonds. The van der Waals surface area contributed by atoms with Gasteiger partial charge in [-0.3, -0.25) is 4.90 Å². The quantitative estimate of drug-likeness (QED) is 0.806. The number of hydrogen-bond donors (Lipinski definition) is 2. The molecule has 2 N–H and O–H groups in total. The Labute approximate surface area is 156 Å². The van der Waals surface area contributed by atoms with Gasteiger partial charge in [-0.25, -0.2) is 9.59 Å². The molecule has 7 nitrogen and oxygen atoms in total. The molecule has 0 unspecified atom stereocenters. The molecule has 4 rings (SSSR count). The number of likely N-dealkylation sites (N-methyl/N-ethyl adjacent to an activating group) is 1. The van der Waals surface area contributed by atoms with E-state index in [0.29, 0.717) is 11.3 Å². The highest BCUT2D eigenvalue weighted by atomic mass is 16.6. The summed E-state index contributed by atoms with van der Waals surface area (Å²) >= 11 is 0. The van der Waals surface area contributed by atoms with E-state index in [0.717, 1.165) is 5.56 Å². The number of ether oxygens (including phenoxy) is 2. The highest BCUT2D eigenvalue weighted by molar-refractivity contribution is 5.89. The summed E-state index contributed by atoms with van der Waals surface area (Å²) in [5, 5.41) is 13.1. The van der Waals surface area contributed by atoms with Gasteiger partial charge in [0.1, 0.15) is 19.0 Å². The van der Waals surface area contributed by atoms with Crippen molar-refractivity contribution < 1.29 is 24.2 Å². The Bertz CT molecular complexity index is 872. The van der Waals surface area contributed by atoms with Crippen LogP contribution in [0.2, 0.25) is 0 Å². The molecule has 7 heteroatoms. The summed E-state index contributed by atoms with van der Waals surface area (Å²) in [5.41, 5.74) is -0.0720. The predicted octanol–water partition coefficient (Wildman–Crippen LogP) is 1.94. The largest absolute Gasteiger partial charge is 0.464 e. The maximum atomic E-state index is 12.4. The van der Waals surface area contributed by atoms with Crippen molar-refractivity contribution in [3.8, 4) is 5.75 Å². The van der Waals surface area contributed by atoms with E-state index in [1.165, 1.54) is 4.90 Å². The molecule has 3 atom stereocenters. The number of carbonyl (C=O) groups is 2. The fourth-order valence-electron chi connectivity index (χ4n) is 3.78. The molecule has 27 heavy (non-hydrogen) atoms. The van der Waals surface area contributed by atoms with Crippen LogP contribution in [0.25, 0.3) is 0 Å². The molecule has 2 aromatic rings. The maximum absolute atomic E-state index is 12.4.